The molecule has 0 amide bonds. The van der Waals surface area contributed by atoms with Gasteiger partial charge in [0, 0.05) is 18.5 Å². The van der Waals surface area contributed by atoms with E-state index in [1.54, 1.807) is 0 Å². The van der Waals surface area contributed by atoms with E-state index < -0.39 is 6.17 Å². The fourth-order valence-corrected chi connectivity index (χ4v) is 1.77. The van der Waals surface area contributed by atoms with Crippen LogP contribution in [0.5, 0.6) is 0 Å². The quantitative estimate of drug-likeness (QED) is 0.490. The van der Waals surface area contributed by atoms with Crippen molar-refractivity contribution in [3.63, 3.8) is 0 Å². The molecule has 1 nitrogen and oxygen atoms in total. The number of fused-ring (bicyclic) bond motifs is 2. The summed E-state index contributed by atoms with van der Waals surface area (Å²) in [5.74, 6) is 0.361. The topological polar surface area (TPSA) is 12.0 Å². The van der Waals surface area contributed by atoms with Crippen molar-refractivity contribution in [2.45, 2.75) is 25.1 Å². The summed E-state index contributed by atoms with van der Waals surface area (Å²) >= 11 is 0. The molecule has 8 heavy (non-hydrogen) atoms. The molecular formula is C6H10FN. The molecule has 1 saturated carbocycles. The summed E-state index contributed by atoms with van der Waals surface area (Å²) < 4.78 is 12.6. The third kappa shape index (κ3) is 0.494. The van der Waals surface area contributed by atoms with E-state index in [-0.39, 0.29) is 0 Å². The lowest BCUT2D eigenvalue weighted by molar-refractivity contribution is 0.242. The predicted molar refractivity (Wildman–Crippen MR) is 29.4 cm³/mol. The molecule has 2 rings (SSSR count). The van der Waals surface area contributed by atoms with Crippen LogP contribution in [0.2, 0.25) is 0 Å². The van der Waals surface area contributed by atoms with Gasteiger partial charge in [-0.3, -0.25) is 0 Å². The van der Waals surface area contributed by atoms with Crippen LogP contribution >= 0.6 is 0 Å². The number of hydrogen-bond acceptors (Lipinski definition) is 1. The van der Waals surface area contributed by atoms with Gasteiger partial charge in [-0.25, -0.2) is 4.39 Å². The number of piperidine rings is 1. The Morgan fingerprint density at radius 3 is 2.50 bits per heavy atom. The van der Waals surface area contributed by atoms with Crippen LogP contribution in [0.25, 0.3) is 0 Å². The molecule has 46 valence electrons. The van der Waals surface area contributed by atoms with Gasteiger partial charge in [0.05, 0.1) is 0 Å². The number of hydrogen-bond donors (Lipinski definition) is 1. The number of nitrogens with one attached hydrogen (secondary N) is 1. The van der Waals surface area contributed by atoms with Crippen molar-refractivity contribution in [3.05, 3.63) is 0 Å². The monoisotopic (exact) mass is 115 g/mol. The van der Waals surface area contributed by atoms with Crippen molar-refractivity contribution in [2.75, 3.05) is 6.54 Å². The van der Waals surface area contributed by atoms with Gasteiger partial charge in [-0.15, -0.1) is 0 Å². The van der Waals surface area contributed by atoms with Gasteiger partial charge < -0.3 is 5.32 Å². The molecule has 0 spiro atoms. The standard InChI is InChI=1S/C6H10FN/c7-6-2-5-1-4(6)3-8-5/h4-6,8H,1-3H2. The van der Waals surface area contributed by atoms with Gasteiger partial charge in [0.2, 0.25) is 0 Å². The molecule has 1 saturated heterocycles. The zero-order valence-corrected chi connectivity index (χ0v) is 4.73. The SMILES string of the molecule is FC1CC2CC1CN2. The zero-order chi connectivity index (χ0) is 5.56. The van der Waals surface area contributed by atoms with E-state index in [4.69, 9.17) is 0 Å². The van der Waals surface area contributed by atoms with E-state index >= 15 is 0 Å². The molecule has 1 heterocycles. The second kappa shape index (κ2) is 1.44. The van der Waals surface area contributed by atoms with Gasteiger partial charge in [-0.1, -0.05) is 0 Å². The maximum Gasteiger partial charge on any atom is 0.106 e. The molecule has 0 aromatic carbocycles. The van der Waals surface area contributed by atoms with Gasteiger partial charge in [-0.05, 0) is 12.8 Å². The Morgan fingerprint density at radius 1 is 1.38 bits per heavy atom. The third-order valence-corrected chi connectivity index (χ3v) is 2.28. The maximum atomic E-state index is 12.6. The zero-order valence-electron chi connectivity index (χ0n) is 4.73. The highest BCUT2D eigenvalue weighted by atomic mass is 19.1. The molecule has 3 atom stereocenters. The smallest absolute Gasteiger partial charge is 0.106 e. The second-order valence-corrected chi connectivity index (χ2v) is 2.85. The summed E-state index contributed by atoms with van der Waals surface area (Å²) in [6.07, 6.45) is 1.37. The lowest BCUT2D eigenvalue weighted by Crippen LogP contribution is -2.30. The van der Waals surface area contributed by atoms with E-state index in [0.29, 0.717) is 12.0 Å². The maximum absolute atomic E-state index is 12.6. The lowest BCUT2D eigenvalue weighted by atomic mass is 10.1. The summed E-state index contributed by atoms with van der Waals surface area (Å²) in [6, 6.07) is 0.523. The molecule has 0 radical (unpaired) electrons. The lowest BCUT2D eigenvalue weighted by Gasteiger charge is -2.13. The molecule has 2 fully saturated rings. The van der Waals surface area contributed by atoms with Crippen molar-refractivity contribution in [2.24, 2.45) is 5.92 Å². The Balaban J connectivity index is 2.11. The average Bonchev–Trinajstić information content (AvgIpc) is 2.23. The first-order chi connectivity index (χ1) is 3.86. The normalized spacial score (nSPS) is 52.9. The van der Waals surface area contributed by atoms with Crippen LogP contribution in [0, 0.1) is 5.92 Å². The predicted octanol–water partition coefficient (Wildman–Crippen LogP) is 0.706. The average molecular weight is 115 g/mol. The Kier molecular flexibility index (Phi) is 0.852. The first-order valence-corrected chi connectivity index (χ1v) is 3.24. The van der Waals surface area contributed by atoms with E-state index in [0.717, 1.165) is 19.4 Å². The van der Waals surface area contributed by atoms with E-state index in [9.17, 15) is 4.39 Å². The molecule has 1 aliphatic heterocycles. The minimum atomic E-state index is -0.485. The van der Waals surface area contributed by atoms with Gasteiger partial charge in [0.25, 0.3) is 0 Å². The first kappa shape index (κ1) is 4.74. The second-order valence-electron chi connectivity index (χ2n) is 2.85. The van der Waals surface area contributed by atoms with E-state index in [1.807, 2.05) is 0 Å². The highest BCUT2D eigenvalue weighted by molar-refractivity contribution is 4.95. The Morgan fingerprint density at radius 2 is 2.25 bits per heavy atom. The van der Waals surface area contributed by atoms with Crippen molar-refractivity contribution in [1.29, 1.82) is 0 Å². The highest BCUT2D eigenvalue weighted by Crippen LogP contribution is 2.32. The molecular weight excluding hydrogens is 105 g/mol. The molecule has 2 aliphatic rings. The van der Waals surface area contributed by atoms with Crippen molar-refractivity contribution >= 4 is 0 Å². The largest absolute Gasteiger partial charge is 0.313 e. The van der Waals surface area contributed by atoms with Gasteiger partial charge in [-0.2, -0.15) is 0 Å². The summed E-state index contributed by atoms with van der Waals surface area (Å²) in [6.45, 7) is 0.922. The fourth-order valence-electron chi connectivity index (χ4n) is 1.77. The molecule has 1 N–H and O–H groups in total. The minimum absolute atomic E-state index is 0.361. The van der Waals surface area contributed by atoms with Gasteiger partial charge >= 0.3 is 0 Å². The Hall–Kier alpha value is -0.110. The van der Waals surface area contributed by atoms with Crippen LogP contribution < -0.4 is 5.32 Å². The molecule has 0 aromatic rings. The van der Waals surface area contributed by atoms with Crippen LogP contribution in [0.1, 0.15) is 12.8 Å². The van der Waals surface area contributed by atoms with Gasteiger partial charge in [0.15, 0.2) is 0 Å². The van der Waals surface area contributed by atoms with Crippen molar-refractivity contribution < 1.29 is 4.39 Å². The van der Waals surface area contributed by atoms with Crippen LogP contribution in [0.15, 0.2) is 0 Å². The number of halogens is 1. The molecule has 1 aliphatic carbocycles. The summed E-state index contributed by atoms with van der Waals surface area (Å²) in [5, 5.41) is 3.25. The molecule has 2 heteroatoms. The summed E-state index contributed by atoms with van der Waals surface area (Å²) in [4.78, 5) is 0. The minimum Gasteiger partial charge on any atom is -0.313 e. The first-order valence-electron chi connectivity index (χ1n) is 3.24. The Bertz CT molecular complexity index is 103. The Labute approximate surface area is 48.3 Å². The van der Waals surface area contributed by atoms with Crippen LogP contribution in [-0.2, 0) is 0 Å². The third-order valence-electron chi connectivity index (χ3n) is 2.28. The van der Waals surface area contributed by atoms with Crippen molar-refractivity contribution in [1.82, 2.24) is 5.32 Å². The van der Waals surface area contributed by atoms with Crippen LogP contribution in [0.4, 0.5) is 4.39 Å². The van der Waals surface area contributed by atoms with Crippen LogP contribution in [0.3, 0.4) is 0 Å². The van der Waals surface area contributed by atoms with E-state index in [1.165, 1.54) is 0 Å². The van der Waals surface area contributed by atoms with Crippen molar-refractivity contribution in [3.8, 4) is 0 Å². The number of rotatable bonds is 0. The van der Waals surface area contributed by atoms with E-state index in [2.05, 4.69) is 5.32 Å². The molecule has 2 bridgehead atoms. The molecule has 0 aromatic heterocycles. The summed E-state index contributed by atoms with van der Waals surface area (Å²) in [5.41, 5.74) is 0. The molecule has 3 unspecified atom stereocenters. The fraction of sp³-hybridized carbons (Fsp3) is 1.00. The summed E-state index contributed by atoms with van der Waals surface area (Å²) in [7, 11) is 0. The number of alkyl halides is 1. The van der Waals surface area contributed by atoms with Crippen LogP contribution in [-0.4, -0.2) is 18.8 Å². The highest BCUT2D eigenvalue weighted by Gasteiger charge is 2.39. The van der Waals surface area contributed by atoms with Gasteiger partial charge in [0.1, 0.15) is 6.17 Å².